The van der Waals surface area contributed by atoms with E-state index in [1.165, 1.54) is 6.42 Å². The summed E-state index contributed by atoms with van der Waals surface area (Å²) in [5, 5.41) is 8.43. The van der Waals surface area contributed by atoms with E-state index in [0.29, 0.717) is 5.92 Å². The first-order chi connectivity index (χ1) is 4.83. The fraction of sp³-hybridized carbons (Fsp3) is 0.889. The summed E-state index contributed by atoms with van der Waals surface area (Å²) in [6.45, 7) is 6.22. The Morgan fingerprint density at radius 2 is 1.90 bits per heavy atom. The number of nitriles is 1. The van der Waals surface area contributed by atoms with Gasteiger partial charge in [0.1, 0.15) is 0 Å². The van der Waals surface area contributed by atoms with Gasteiger partial charge < -0.3 is 0 Å². The van der Waals surface area contributed by atoms with Gasteiger partial charge in [0.25, 0.3) is 0 Å². The van der Waals surface area contributed by atoms with Crippen molar-refractivity contribution in [3.63, 3.8) is 0 Å². The van der Waals surface area contributed by atoms with Gasteiger partial charge in [0.15, 0.2) is 0 Å². The summed E-state index contributed by atoms with van der Waals surface area (Å²) in [7, 11) is 0. The van der Waals surface area contributed by atoms with Crippen molar-refractivity contribution < 1.29 is 0 Å². The topological polar surface area (TPSA) is 23.8 Å². The highest BCUT2D eigenvalue weighted by Crippen LogP contribution is 2.29. The highest BCUT2D eigenvalue weighted by molar-refractivity contribution is 4.88. The first-order valence-corrected chi connectivity index (χ1v) is 4.22. The molecule has 10 heavy (non-hydrogen) atoms. The molecule has 0 bridgehead atoms. The van der Waals surface area contributed by atoms with E-state index in [4.69, 9.17) is 5.26 Å². The summed E-state index contributed by atoms with van der Waals surface area (Å²) in [4.78, 5) is 0. The molecule has 1 saturated carbocycles. The predicted molar refractivity (Wildman–Crippen MR) is 43.5 cm³/mol. The molecular formula is C9H17N. The van der Waals surface area contributed by atoms with E-state index < -0.39 is 0 Å². The summed E-state index contributed by atoms with van der Waals surface area (Å²) in [6.07, 6.45) is 3.53. The van der Waals surface area contributed by atoms with E-state index in [2.05, 4.69) is 13.0 Å². The zero-order valence-corrected chi connectivity index (χ0v) is 7.22. The van der Waals surface area contributed by atoms with Crippen molar-refractivity contribution in [2.75, 3.05) is 0 Å². The van der Waals surface area contributed by atoms with Gasteiger partial charge in [-0.2, -0.15) is 5.26 Å². The minimum atomic E-state index is 0.380. The van der Waals surface area contributed by atoms with Gasteiger partial charge in [0.05, 0.1) is 6.07 Å². The SMILES string of the molecule is CC.C[C@H]1CC[C@H](C#N)C1. The van der Waals surface area contributed by atoms with E-state index >= 15 is 0 Å². The summed E-state index contributed by atoms with van der Waals surface area (Å²) < 4.78 is 0. The average molecular weight is 139 g/mol. The number of nitrogens with zero attached hydrogens (tertiary/aromatic N) is 1. The van der Waals surface area contributed by atoms with Crippen LogP contribution < -0.4 is 0 Å². The van der Waals surface area contributed by atoms with Crippen LogP contribution in [-0.4, -0.2) is 0 Å². The van der Waals surface area contributed by atoms with E-state index in [1.807, 2.05) is 13.8 Å². The average Bonchev–Trinajstić information content (AvgIpc) is 2.40. The molecular weight excluding hydrogens is 122 g/mol. The van der Waals surface area contributed by atoms with Crippen molar-refractivity contribution in [2.24, 2.45) is 11.8 Å². The maximum atomic E-state index is 8.43. The zero-order valence-electron chi connectivity index (χ0n) is 7.22. The van der Waals surface area contributed by atoms with Crippen molar-refractivity contribution in [1.82, 2.24) is 0 Å². The van der Waals surface area contributed by atoms with Crippen LogP contribution in [0.2, 0.25) is 0 Å². The molecule has 1 heteroatoms. The molecule has 0 aromatic carbocycles. The lowest BCUT2D eigenvalue weighted by Gasteiger charge is -1.94. The second kappa shape index (κ2) is 5.29. The zero-order chi connectivity index (χ0) is 7.98. The highest BCUT2D eigenvalue weighted by atomic mass is 14.3. The van der Waals surface area contributed by atoms with Gasteiger partial charge in [-0.3, -0.25) is 0 Å². The number of hydrogen-bond donors (Lipinski definition) is 0. The molecule has 1 fully saturated rings. The Balaban J connectivity index is 0.000000371. The summed E-state index contributed by atoms with van der Waals surface area (Å²) in [5.41, 5.74) is 0. The Morgan fingerprint density at radius 3 is 2.10 bits per heavy atom. The molecule has 0 heterocycles. The largest absolute Gasteiger partial charge is 0.198 e. The fourth-order valence-electron chi connectivity index (χ4n) is 1.32. The molecule has 0 spiro atoms. The summed E-state index contributed by atoms with van der Waals surface area (Å²) in [6, 6.07) is 2.29. The molecule has 1 aliphatic rings. The van der Waals surface area contributed by atoms with Crippen molar-refractivity contribution >= 4 is 0 Å². The molecule has 58 valence electrons. The first-order valence-electron chi connectivity index (χ1n) is 4.22. The number of rotatable bonds is 0. The molecule has 0 amide bonds. The van der Waals surface area contributed by atoms with E-state index in [0.717, 1.165) is 18.8 Å². The third-order valence-corrected chi connectivity index (χ3v) is 1.88. The Morgan fingerprint density at radius 1 is 1.30 bits per heavy atom. The van der Waals surface area contributed by atoms with Crippen LogP contribution in [0.4, 0.5) is 0 Å². The quantitative estimate of drug-likeness (QED) is 0.506. The van der Waals surface area contributed by atoms with Crippen LogP contribution in [0.5, 0.6) is 0 Å². The Labute approximate surface area is 64.1 Å². The molecule has 0 radical (unpaired) electrons. The van der Waals surface area contributed by atoms with Gasteiger partial charge >= 0.3 is 0 Å². The molecule has 1 aliphatic carbocycles. The van der Waals surface area contributed by atoms with Gasteiger partial charge in [0, 0.05) is 5.92 Å². The molecule has 0 saturated heterocycles. The summed E-state index contributed by atoms with van der Waals surface area (Å²) >= 11 is 0. The van der Waals surface area contributed by atoms with E-state index in [1.54, 1.807) is 0 Å². The van der Waals surface area contributed by atoms with Crippen molar-refractivity contribution in [3.05, 3.63) is 0 Å². The minimum absolute atomic E-state index is 0.380. The molecule has 1 rings (SSSR count). The Kier molecular flexibility index (Phi) is 5.02. The molecule has 0 aliphatic heterocycles. The van der Waals surface area contributed by atoms with Crippen LogP contribution in [0.3, 0.4) is 0 Å². The standard InChI is InChI=1S/C7H11N.C2H6/c1-6-2-3-7(4-6)5-8;1-2/h6-7H,2-4H2,1H3;1-2H3/t6-,7-;/m0./s1. The molecule has 0 unspecified atom stereocenters. The van der Waals surface area contributed by atoms with Crippen molar-refractivity contribution in [1.29, 1.82) is 5.26 Å². The fourth-order valence-corrected chi connectivity index (χ4v) is 1.32. The Bertz CT molecular complexity index is 112. The Hall–Kier alpha value is -0.510. The lowest BCUT2D eigenvalue weighted by atomic mass is 10.1. The van der Waals surface area contributed by atoms with Gasteiger partial charge in [-0.1, -0.05) is 20.8 Å². The summed E-state index contributed by atoms with van der Waals surface area (Å²) in [5.74, 6) is 1.18. The second-order valence-electron chi connectivity index (χ2n) is 2.74. The molecule has 0 N–H and O–H groups in total. The van der Waals surface area contributed by atoms with Gasteiger partial charge in [-0.05, 0) is 25.2 Å². The number of hydrogen-bond acceptors (Lipinski definition) is 1. The van der Waals surface area contributed by atoms with Crippen LogP contribution in [0.25, 0.3) is 0 Å². The van der Waals surface area contributed by atoms with Crippen molar-refractivity contribution in [2.45, 2.75) is 40.0 Å². The highest BCUT2D eigenvalue weighted by Gasteiger charge is 2.19. The van der Waals surface area contributed by atoms with Crippen LogP contribution in [0.15, 0.2) is 0 Å². The van der Waals surface area contributed by atoms with Crippen LogP contribution in [0.1, 0.15) is 40.0 Å². The molecule has 0 aromatic rings. The van der Waals surface area contributed by atoms with Crippen LogP contribution >= 0.6 is 0 Å². The lowest BCUT2D eigenvalue weighted by molar-refractivity contribution is 0.590. The van der Waals surface area contributed by atoms with Crippen molar-refractivity contribution in [3.8, 4) is 6.07 Å². The monoisotopic (exact) mass is 139 g/mol. The normalized spacial score (nSPS) is 30.2. The van der Waals surface area contributed by atoms with Gasteiger partial charge in [0.2, 0.25) is 0 Å². The minimum Gasteiger partial charge on any atom is -0.198 e. The predicted octanol–water partition coefficient (Wildman–Crippen LogP) is 2.97. The molecule has 1 nitrogen and oxygen atoms in total. The van der Waals surface area contributed by atoms with Crippen LogP contribution in [0, 0.1) is 23.2 Å². The molecule has 0 aromatic heterocycles. The van der Waals surface area contributed by atoms with E-state index in [-0.39, 0.29) is 0 Å². The van der Waals surface area contributed by atoms with Gasteiger partial charge in [-0.15, -0.1) is 0 Å². The molecule has 2 atom stereocenters. The van der Waals surface area contributed by atoms with Gasteiger partial charge in [-0.25, -0.2) is 0 Å². The third-order valence-electron chi connectivity index (χ3n) is 1.88. The van der Waals surface area contributed by atoms with Crippen LogP contribution in [-0.2, 0) is 0 Å². The maximum Gasteiger partial charge on any atom is 0.0655 e. The smallest absolute Gasteiger partial charge is 0.0655 e. The van der Waals surface area contributed by atoms with E-state index in [9.17, 15) is 0 Å². The third kappa shape index (κ3) is 2.87. The maximum absolute atomic E-state index is 8.43. The second-order valence-corrected chi connectivity index (χ2v) is 2.74. The first kappa shape index (κ1) is 9.49. The lowest BCUT2D eigenvalue weighted by Crippen LogP contribution is -1.87.